The number of rotatable bonds is 3. The average Bonchev–Trinajstić information content (AvgIpc) is 2.86. The second-order valence-corrected chi connectivity index (χ2v) is 5.31. The SMILES string of the molecule is CC1CC1CN(C)c1ncnc(Cl)c1Br. The minimum atomic E-state index is 0.468. The van der Waals surface area contributed by atoms with E-state index in [1.807, 2.05) is 7.05 Å². The topological polar surface area (TPSA) is 29.0 Å². The Kier molecular flexibility index (Phi) is 3.16. The third-order valence-corrected chi connectivity index (χ3v) is 4.12. The van der Waals surface area contributed by atoms with E-state index in [9.17, 15) is 0 Å². The summed E-state index contributed by atoms with van der Waals surface area (Å²) in [6.07, 6.45) is 2.82. The van der Waals surface area contributed by atoms with Gasteiger partial charge in [-0.2, -0.15) is 0 Å². The molecule has 1 heterocycles. The van der Waals surface area contributed by atoms with Crippen molar-refractivity contribution in [1.29, 1.82) is 0 Å². The third kappa shape index (κ3) is 2.42. The van der Waals surface area contributed by atoms with Gasteiger partial charge in [-0.3, -0.25) is 0 Å². The van der Waals surface area contributed by atoms with Crippen molar-refractivity contribution in [3.8, 4) is 0 Å². The zero-order valence-corrected chi connectivity index (χ0v) is 11.1. The van der Waals surface area contributed by atoms with E-state index in [0.717, 1.165) is 28.7 Å². The largest absolute Gasteiger partial charge is 0.358 e. The Bertz CT molecular complexity index is 372. The fraction of sp³-hybridized carbons (Fsp3) is 0.600. The lowest BCUT2D eigenvalue weighted by atomic mass is 10.3. The molecule has 0 N–H and O–H groups in total. The summed E-state index contributed by atoms with van der Waals surface area (Å²) in [5.41, 5.74) is 0. The van der Waals surface area contributed by atoms with Gasteiger partial charge in [-0.1, -0.05) is 18.5 Å². The molecule has 1 aromatic rings. The van der Waals surface area contributed by atoms with E-state index >= 15 is 0 Å². The molecule has 5 heteroatoms. The summed E-state index contributed by atoms with van der Waals surface area (Å²) in [6, 6.07) is 0. The van der Waals surface area contributed by atoms with Gasteiger partial charge in [-0.25, -0.2) is 9.97 Å². The van der Waals surface area contributed by atoms with Crippen LogP contribution in [0.15, 0.2) is 10.8 Å². The lowest BCUT2D eigenvalue weighted by Gasteiger charge is -2.19. The van der Waals surface area contributed by atoms with Crippen molar-refractivity contribution >= 4 is 33.3 Å². The highest BCUT2D eigenvalue weighted by molar-refractivity contribution is 9.10. The summed E-state index contributed by atoms with van der Waals surface area (Å²) in [7, 11) is 2.04. The summed E-state index contributed by atoms with van der Waals surface area (Å²) >= 11 is 9.32. The Morgan fingerprint density at radius 3 is 2.87 bits per heavy atom. The molecule has 0 bridgehead atoms. The van der Waals surface area contributed by atoms with Gasteiger partial charge in [0.25, 0.3) is 0 Å². The van der Waals surface area contributed by atoms with E-state index in [-0.39, 0.29) is 0 Å². The first-order chi connectivity index (χ1) is 7.09. The maximum Gasteiger partial charge on any atom is 0.148 e. The minimum Gasteiger partial charge on any atom is -0.358 e. The fourth-order valence-corrected chi connectivity index (χ4v) is 2.33. The predicted molar refractivity (Wildman–Crippen MR) is 65.3 cm³/mol. The number of nitrogens with zero attached hydrogens (tertiary/aromatic N) is 3. The molecule has 82 valence electrons. The van der Waals surface area contributed by atoms with Crippen LogP contribution in [0.3, 0.4) is 0 Å². The molecule has 0 saturated heterocycles. The smallest absolute Gasteiger partial charge is 0.148 e. The van der Waals surface area contributed by atoms with Crippen molar-refractivity contribution in [1.82, 2.24) is 9.97 Å². The number of hydrogen-bond acceptors (Lipinski definition) is 3. The van der Waals surface area contributed by atoms with E-state index in [2.05, 4.69) is 37.7 Å². The molecule has 1 saturated carbocycles. The number of aromatic nitrogens is 2. The Balaban J connectivity index is 2.11. The first-order valence-electron chi connectivity index (χ1n) is 4.96. The number of anilines is 1. The van der Waals surface area contributed by atoms with Crippen LogP contribution in [-0.2, 0) is 0 Å². The molecule has 1 aliphatic carbocycles. The van der Waals surface area contributed by atoms with Crippen LogP contribution < -0.4 is 4.90 Å². The summed E-state index contributed by atoms with van der Waals surface area (Å²) in [4.78, 5) is 10.3. The lowest BCUT2D eigenvalue weighted by molar-refractivity contribution is 0.717. The molecule has 3 nitrogen and oxygen atoms in total. The van der Waals surface area contributed by atoms with Crippen LogP contribution >= 0.6 is 27.5 Å². The fourth-order valence-electron chi connectivity index (χ4n) is 1.70. The lowest BCUT2D eigenvalue weighted by Crippen LogP contribution is -2.22. The Morgan fingerprint density at radius 2 is 2.27 bits per heavy atom. The highest BCUT2D eigenvalue weighted by atomic mass is 79.9. The maximum absolute atomic E-state index is 5.91. The van der Waals surface area contributed by atoms with Crippen LogP contribution in [0.5, 0.6) is 0 Å². The summed E-state index contributed by atoms with van der Waals surface area (Å²) in [6.45, 7) is 3.31. The van der Waals surface area contributed by atoms with Gasteiger partial charge in [0, 0.05) is 13.6 Å². The summed E-state index contributed by atoms with van der Waals surface area (Å²) < 4.78 is 0.780. The van der Waals surface area contributed by atoms with Gasteiger partial charge >= 0.3 is 0 Å². The second-order valence-electron chi connectivity index (χ2n) is 4.16. The Hall–Kier alpha value is -0.350. The number of halogens is 2. The van der Waals surface area contributed by atoms with Crippen molar-refractivity contribution in [2.24, 2.45) is 11.8 Å². The van der Waals surface area contributed by atoms with Gasteiger partial charge in [-0.15, -0.1) is 0 Å². The molecular formula is C10H13BrClN3. The molecule has 2 atom stereocenters. The second kappa shape index (κ2) is 4.26. The van der Waals surface area contributed by atoms with Crippen LogP contribution in [0.1, 0.15) is 13.3 Å². The third-order valence-electron chi connectivity index (χ3n) is 2.87. The van der Waals surface area contributed by atoms with Crippen molar-refractivity contribution < 1.29 is 0 Å². The van der Waals surface area contributed by atoms with Crippen LogP contribution in [0.2, 0.25) is 5.15 Å². The van der Waals surface area contributed by atoms with Crippen molar-refractivity contribution in [3.05, 3.63) is 16.0 Å². The van der Waals surface area contributed by atoms with Gasteiger partial charge < -0.3 is 4.90 Å². The minimum absolute atomic E-state index is 0.468. The predicted octanol–water partition coefficient (Wildman–Crippen LogP) is 2.98. The highest BCUT2D eigenvalue weighted by Gasteiger charge is 2.33. The van der Waals surface area contributed by atoms with Gasteiger partial charge in [0.15, 0.2) is 0 Å². The van der Waals surface area contributed by atoms with Gasteiger partial charge in [0.2, 0.25) is 0 Å². The van der Waals surface area contributed by atoms with E-state index in [0.29, 0.717) is 5.15 Å². The number of hydrogen-bond donors (Lipinski definition) is 0. The summed E-state index contributed by atoms with van der Waals surface area (Å²) in [5, 5.41) is 0.468. The van der Waals surface area contributed by atoms with Crippen molar-refractivity contribution in [3.63, 3.8) is 0 Å². The van der Waals surface area contributed by atoms with Crippen molar-refractivity contribution in [2.75, 3.05) is 18.5 Å². The first-order valence-corrected chi connectivity index (χ1v) is 6.14. The molecule has 1 aliphatic rings. The van der Waals surface area contributed by atoms with Gasteiger partial charge in [0.05, 0.1) is 4.47 Å². The van der Waals surface area contributed by atoms with Gasteiger partial charge in [-0.05, 0) is 34.2 Å². The standard InChI is InChI=1S/C10H13BrClN3/c1-6-3-7(6)4-15(2)10-8(11)9(12)13-5-14-10/h5-7H,3-4H2,1-2H3. The quantitative estimate of drug-likeness (QED) is 0.801. The molecule has 0 amide bonds. The normalized spacial score (nSPS) is 24.0. The average molecular weight is 291 g/mol. The van der Waals surface area contributed by atoms with Crippen LogP contribution in [0.25, 0.3) is 0 Å². The van der Waals surface area contributed by atoms with E-state index in [1.165, 1.54) is 12.7 Å². The monoisotopic (exact) mass is 289 g/mol. The Labute approximate surface area is 103 Å². The van der Waals surface area contributed by atoms with E-state index in [4.69, 9.17) is 11.6 Å². The molecule has 0 aliphatic heterocycles. The van der Waals surface area contributed by atoms with Crippen molar-refractivity contribution in [2.45, 2.75) is 13.3 Å². The molecular weight excluding hydrogens is 277 g/mol. The van der Waals surface area contributed by atoms with Crippen LogP contribution in [0.4, 0.5) is 5.82 Å². The molecule has 15 heavy (non-hydrogen) atoms. The zero-order valence-electron chi connectivity index (χ0n) is 8.74. The molecule has 0 radical (unpaired) electrons. The molecule has 1 aromatic heterocycles. The molecule has 1 fully saturated rings. The zero-order chi connectivity index (χ0) is 11.0. The molecule has 2 rings (SSSR count). The Morgan fingerprint density at radius 1 is 1.60 bits per heavy atom. The molecule has 2 unspecified atom stereocenters. The van der Waals surface area contributed by atoms with Crippen LogP contribution in [-0.4, -0.2) is 23.6 Å². The van der Waals surface area contributed by atoms with E-state index < -0.39 is 0 Å². The van der Waals surface area contributed by atoms with E-state index in [1.54, 1.807) is 0 Å². The maximum atomic E-state index is 5.91. The van der Waals surface area contributed by atoms with Gasteiger partial charge in [0.1, 0.15) is 17.3 Å². The van der Waals surface area contributed by atoms with Crippen LogP contribution in [0, 0.1) is 11.8 Å². The molecule has 0 spiro atoms. The first kappa shape index (κ1) is 11.1. The summed E-state index contributed by atoms with van der Waals surface area (Å²) in [5.74, 6) is 2.52. The molecule has 0 aromatic carbocycles. The highest BCUT2D eigenvalue weighted by Crippen LogP contribution is 2.39.